The third kappa shape index (κ3) is 3.57. The average molecular weight is 326 g/mol. The maximum absolute atomic E-state index is 12.3. The van der Waals surface area contributed by atoms with Gasteiger partial charge in [-0.1, -0.05) is 19.9 Å². The molecule has 0 bridgehead atoms. The van der Waals surface area contributed by atoms with Crippen molar-refractivity contribution in [1.82, 2.24) is 10.3 Å². The SMILES string of the molecule is CC(C)C(O)CNC(=O)c1cncc(-c2ccc3c(c2)CCO3)c1. The van der Waals surface area contributed by atoms with Gasteiger partial charge in [-0.2, -0.15) is 0 Å². The molecule has 1 unspecified atom stereocenters. The Kier molecular flexibility index (Phi) is 4.81. The molecule has 1 aliphatic heterocycles. The highest BCUT2D eigenvalue weighted by molar-refractivity contribution is 5.95. The third-order valence-corrected chi connectivity index (χ3v) is 4.26. The van der Waals surface area contributed by atoms with Crippen LogP contribution in [0.1, 0.15) is 29.8 Å². The van der Waals surface area contributed by atoms with Gasteiger partial charge in [-0.25, -0.2) is 0 Å². The summed E-state index contributed by atoms with van der Waals surface area (Å²) in [7, 11) is 0. The molecule has 0 fully saturated rings. The topological polar surface area (TPSA) is 71.5 Å². The molecule has 0 radical (unpaired) electrons. The third-order valence-electron chi connectivity index (χ3n) is 4.26. The highest BCUT2D eigenvalue weighted by Crippen LogP contribution is 2.30. The Bertz CT molecular complexity index is 743. The fourth-order valence-corrected chi connectivity index (χ4v) is 2.62. The molecule has 5 heteroatoms. The van der Waals surface area contributed by atoms with Gasteiger partial charge in [0.25, 0.3) is 5.91 Å². The predicted molar refractivity (Wildman–Crippen MR) is 92.1 cm³/mol. The van der Waals surface area contributed by atoms with Crippen LogP contribution in [0.15, 0.2) is 36.7 Å². The average Bonchev–Trinajstić information content (AvgIpc) is 3.07. The number of benzene rings is 1. The molecule has 3 rings (SSSR count). The van der Waals surface area contributed by atoms with Crippen molar-refractivity contribution < 1.29 is 14.6 Å². The largest absolute Gasteiger partial charge is 0.493 e. The molecule has 1 aromatic carbocycles. The Hall–Kier alpha value is -2.40. The molecule has 1 aliphatic rings. The van der Waals surface area contributed by atoms with Crippen LogP contribution in [0.3, 0.4) is 0 Å². The number of ether oxygens (including phenoxy) is 1. The van der Waals surface area contributed by atoms with Crippen molar-refractivity contribution in [2.24, 2.45) is 5.92 Å². The number of nitrogens with one attached hydrogen (secondary N) is 1. The Morgan fingerprint density at radius 1 is 1.29 bits per heavy atom. The summed E-state index contributed by atoms with van der Waals surface area (Å²) < 4.78 is 5.52. The van der Waals surface area contributed by atoms with E-state index in [0.29, 0.717) is 5.56 Å². The van der Waals surface area contributed by atoms with Gasteiger partial charge in [0.1, 0.15) is 5.75 Å². The molecule has 24 heavy (non-hydrogen) atoms. The van der Waals surface area contributed by atoms with Crippen LogP contribution in [-0.4, -0.2) is 35.3 Å². The minimum absolute atomic E-state index is 0.100. The number of amides is 1. The molecule has 5 nitrogen and oxygen atoms in total. The summed E-state index contributed by atoms with van der Waals surface area (Å²) in [6, 6.07) is 7.85. The van der Waals surface area contributed by atoms with Gasteiger partial charge in [0.05, 0.1) is 18.3 Å². The maximum atomic E-state index is 12.3. The number of fused-ring (bicyclic) bond motifs is 1. The normalized spacial score (nSPS) is 14.2. The second-order valence-electron chi connectivity index (χ2n) is 6.40. The van der Waals surface area contributed by atoms with E-state index in [0.717, 1.165) is 29.9 Å². The Morgan fingerprint density at radius 3 is 2.92 bits per heavy atom. The quantitative estimate of drug-likeness (QED) is 0.885. The number of hydrogen-bond acceptors (Lipinski definition) is 4. The maximum Gasteiger partial charge on any atom is 0.252 e. The van der Waals surface area contributed by atoms with Crippen molar-refractivity contribution in [1.29, 1.82) is 0 Å². The van der Waals surface area contributed by atoms with E-state index in [9.17, 15) is 9.90 Å². The van der Waals surface area contributed by atoms with E-state index >= 15 is 0 Å². The van der Waals surface area contributed by atoms with Crippen LogP contribution in [0.5, 0.6) is 5.75 Å². The summed E-state index contributed by atoms with van der Waals surface area (Å²) in [5.74, 6) is 0.806. The summed E-state index contributed by atoms with van der Waals surface area (Å²) in [5, 5.41) is 12.6. The molecule has 126 valence electrons. The lowest BCUT2D eigenvalue weighted by atomic mass is 10.0. The Morgan fingerprint density at radius 2 is 2.12 bits per heavy atom. The number of pyridine rings is 1. The van der Waals surface area contributed by atoms with Crippen molar-refractivity contribution >= 4 is 5.91 Å². The molecule has 0 aliphatic carbocycles. The highest BCUT2D eigenvalue weighted by Gasteiger charge is 2.15. The molecule has 0 saturated carbocycles. The summed E-state index contributed by atoms with van der Waals surface area (Å²) in [4.78, 5) is 16.4. The van der Waals surface area contributed by atoms with Crippen LogP contribution in [0.25, 0.3) is 11.1 Å². The molecule has 0 spiro atoms. The van der Waals surface area contributed by atoms with E-state index in [4.69, 9.17) is 4.74 Å². The van der Waals surface area contributed by atoms with Crippen LogP contribution in [0.4, 0.5) is 0 Å². The second kappa shape index (κ2) is 7.01. The number of carbonyl (C=O) groups excluding carboxylic acids is 1. The van der Waals surface area contributed by atoms with Crippen LogP contribution in [0, 0.1) is 5.92 Å². The smallest absolute Gasteiger partial charge is 0.252 e. The summed E-state index contributed by atoms with van der Waals surface area (Å²) >= 11 is 0. The molecular weight excluding hydrogens is 304 g/mol. The fourth-order valence-electron chi connectivity index (χ4n) is 2.62. The second-order valence-corrected chi connectivity index (χ2v) is 6.40. The molecule has 2 heterocycles. The highest BCUT2D eigenvalue weighted by atomic mass is 16.5. The van der Waals surface area contributed by atoms with Gasteiger partial charge in [0, 0.05) is 30.9 Å². The van der Waals surface area contributed by atoms with E-state index in [1.165, 1.54) is 11.8 Å². The van der Waals surface area contributed by atoms with Crippen LogP contribution in [-0.2, 0) is 6.42 Å². The van der Waals surface area contributed by atoms with Crippen molar-refractivity contribution in [3.05, 3.63) is 47.8 Å². The van der Waals surface area contributed by atoms with Crippen molar-refractivity contribution in [2.75, 3.05) is 13.2 Å². The number of hydrogen-bond donors (Lipinski definition) is 2. The predicted octanol–water partition coefficient (Wildman–Crippen LogP) is 2.43. The minimum Gasteiger partial charge on any atom is -0.493 e. The number of nitrogens with zero attached hydrogens (tertiary/aromatic N) is 1. The zero-order chi connectivity index (χ0) is 17.1. The first kappa shape index (κ1) is 16.5. The minimum atomic E-state index is -0.554. The van der Waals surface area contributed by atoms with E-state index in [-0.39, 0.29) is 18.4 Å². The van der Waals surface area contributed by atoms with Gasteiger partial charge in [-0.15, -0.1) is 0 Å². The van der Waals surface area contributed by atoms with Gasteiger partial charge in [0.2, 0.25) is 0 Å². The van der Waals surface area contributed by atoms with E-state index in [2.05, 4.69) is 16.4 Å². The lowest BCUT2D eigenvalue weighted by Gasteiger charge is -2.15. The number of carbonyl (C=O) groups is 1. The lowest BCUT2D eigenvalue weighted by Crippen LogP contribution is -2.34. The standard InChI is InChI=1S/C19H22N2O3/c1-12(2)17(22)11-21-19(23)16-8-15(9-20-10-16)13-3-4-18-14(7-13)5-6-24-18/h3-4,7-10,12,17,22H,5-6,11H2,1-2H3,(H,21,23). The van der Waals surface area contributed by atoms with Gasteiger partial charge in [-0.3, -0.25) is 9.78 Å². The number of aromatic nitrogens is 1. The van der Waals surface area contributed by atoms with E-state index < -0.39 is 6.10 Å². The Labute approximate surface area is 141 Å². The molecule has 1 aromatic heterocycles. The first-order valence-corrected chi connectivity index (χ1v) is 8.22. The molecule has 1 atom stereocenters. The molecule has 0 saturated heterocycles. The van der Waals surface area contributed by atoms with Gasteiger partial charge in [-0.05, 0) is 35.2 Å². The monoisotopic (exact) mass is 326 g/mol. The van der Waals surface area contributed by atoms with Crippen LogP contribution >= 0.6 is 0 Å². The van der Waals surface area contributed by atoms with Crippen molar-refractivity contribution in [3.8, 4) is 16.9 Å². The summed E-state index contributed by atoms with van der Waals surface area (Å²) in [6.07, 6.45) is 3.64. The van der Waals surface area contributed by atoms with Gasteiger partial charge >= 0.3 is 0 Å². The number of aliphatic hydroxyl groups is 1. The zero-order valence-electron chi connectivity index (χ0n) is 14.0. The molecule has 1 amide bonds. The van der Waals surface area contributed by atoms with Crippen LogP contribution < -0.4 is 10.1 Å². The van der Waals surface area contributed by atoms with E-state index in [1.54, 1.807) is 6.20 Å². The number of rotatable bonds is 5. The van der Waals surface area contributed by atoms with Gasteiger partial charge in [0.15, 0.2) is 0 Å². The number of aliphatic hydroxyl groups excluding tert-OH is 1. The van der Waals surface area contributed by atoms with Crippen LogP contribution in [0.2, 0.25) is 0 Å². The first-order valence-electron chi connectivity index (χ1n) is 8.22. The van der Waals surface area contributed by atoms with Crippen molar-refractivity contribution in [3.63, 3.8) is 0 Å². The van der Waals surface area contributed by atoms with Gasteiger partial charge < -0.3 is 15.2 Å². The summed E-state index contributed by atoms with van der Waals surface area (Å²) in [5.41, 5.74) is 3.58. The molecule has 2 aromatic rings. The Balaban J connectivity index is 1.75. The van der Waals surface area contributed by atoms with E-state index in [1.807, 2.05) is 32.0 Å². The lowest BCUT2D eigenvalue weighted by molar-refractivity contribution is 0.0871. The van der Waals surface area contributed by atoms with Crippen molar-refractivity contribution in [2.45, 2.75) is 26.4 Å². The molecular formula is C19H22N2O3. The molecule has 2 N–H and O–H groups in total. The first-order chi connectivity index (χ1) is 11.5. The fraction of sp³-hybridized carbons (Fsp3) is 0.368. The summed E-state index contributed by atoms with van der Waals surface area (Å²) in [6.45, 7) is 4.78. The zero-order valence-corrected chi connectivity index (χ0v) is 14.0.